The Morgan fingerprint density at radius 3 is 2.84 bits per heavy atom. The number of amides is 1. The van der Waals surface area contributed by atoms with E-state index in [9.17, 15) is 9.18 Å². The molecule has 19 heavy (non-hydrogen) atoms. The van der Waals surface area contributed by atoms with Gasteiger partial charge >= 0.3 is 0 Å². The maximum absolute atomic E-state index is 13.2. The van der Waals surface area contributed by atoms with Crippen molar-refractivity contribution in [3.05, 3.63) is 46.8 Å². The van der Waals surface area contributed by atoms with Gasteiger partial charge in [-0.25, -0.2) is 4.39 Å². The van der Waals surface area contributed by atoms with E-state index in [4.69, 9.17) is 0 Å². The molecule has 0 fully saturated rings. The van der Waals surface area contributed by atoms with Crippen LogP contribution in [0.1, 0.15) is 22.3 Å². The molecule has 5 heteroatoms. The Balaban J connectivity index is 0.00000180. The fourth-order valence-corrected chi connectivity index (χ4v) is 1.99. The van der Waals surface area contributed by atoms with Crippen molar-refractivity contribution in [3.63, 3.8) is 0 Å². The first-order chi connectivity index (χ1) is 8.65. The van der Waals surface area contributed by atoms with Crippen LogP contribution in [-0.4, -0.2) is 25.5 Å². The van der Waals surface area contributed by atoms with E-state index in [0.29, 0.717) is 12.1 Å². The largest absolute Gasteiger partial charge is 0.348 e. The monoisotopic (exact) mass is 284 g/mol. The predicted molar refractivity (Wildman–Crippen MR) is 76.3 cm³/mol. The summed E-state index contributed by atoms with van der Waals surface area (Å²) in [6.45, 7) is 4.11. The van der Waals surface area contributed by atoms with E-state index in [0.717, 1.165) is 25.1 Å². The Kier molecular flexibility index (Phi) is 5.99. The van der Waals surface area contributed by atoms with Gasteiger partial charge in [-0.3, -0.25) is 4.79 Å². The van der Waals surface area contributed by atoms with Gasteiger partial charge in [-0.05, 0) is 43.7 Å². The third kappa shape index (κ3) is 4.65. The Morgan fingerprint density at radius 2 is 2.21 bits per heavy atom. The number of carbonyl (C=O) groups excluding carboxylic acids is 1. The first-order valence-electron chi connectivity index (χ1n) is 6.09. The first kappa shape index (κ1) is 15.7. The van der Waals surface area contributed by atoms with Gasteiger partial charge in [0.1, 0.15) is 5.82 Å². The average Bonchev–Trinajstić information content (AvgIpc) is 2.36. The number of hydrogen-bond acceptors (Lipinski definition) is 2. The van der Waals surface area contributed by atoms with Crippen LogP contribution in [0.25, 0.3) is 0 Å². The summed E-state index contributed by atoms with van der Waals surface area (Å²) in [4.78, 5) is 11.9. The van der Waals surface area contributed by atoms with Gasteiger partial charge in [0.2, 0.25) is 0 Å². The molecule has 1 aromatic rings. The zero-order chi connectivity index (χ0) is 13.0. The molecule has 0 unspecified atom stereocenters. The quantitative estimate of drug-likeness (QED) is 0.836. The van der Waals surface area contributed by atoms with Crippen LogP contribution in [0.4, 0.5) is 4.39 Å². The van der Waals surface area contributed by atoms with E-state index in [1.54, 1.807) is 13.0 Å². The highest BCUT2D eigenvalue weighted by molar-refractivity contribution is 5.94. The van der Waals surface area contributed by atoms with Crippen LogP contribution in [0, 0.1) is 12.7 Å². The summed E-state index contributed by atoms with van der Waals surface area (Å²) in [6, 6.07) is 4.36. The maximum atomic E-state index is 13.2. The summed E-state index contributed by atoms with van der Waals surface area (Å²) < 4.78 is 13.2. The minimum absolute atomic E-state index is 0. The summed E-state index contributed by atoms with van der Waals surface area (Å²) in [5.74, 6) is -0.599. The molecular formula is C14H18ClFN2O. The summed E-state index contributed by atoms with van der Waals surface area (Å²) in [7, 11) is 0. The molecule has 0 aromatic heterocycles. The lowest BCUT2D eigenvalue weighted by atomic mass is 10.1. The van der Waals surface area contributed by atoms with Crippen LogP contribution in [0.3, 0.4) is 0 Å². The molecule has 0 radical (unpaired) electrons. The third-order valence-electron chi connectivity index (χ3n) is 2.94. The van der Waals surface area contributed by atoms with Crippen LogP contribution in [-0.2, 0) is 0 Å². The van der Waals surface area contributed by atoms with Gasteiger partial charge in [-0.2, -0.15) is 0 Å². The Bertz CT molecular complexity index is 468. The molecular weight excluding hydrogens is 267 g/mol. The molecule has 0 saturated heterocycles. The van der Waals surface area contributed by atoms with Gasteiger partial charge in [-0.15, -0.1) is 12.4 Å². The average molecular weight is 285 g/mol. The minimum atomic E-state index is -0.374. The minimum Gasteiger partial charge on any atom is -0.348 e. The zero-order valence-electron chi connectivity index (χ0n) is 10.8. The Hall–Kier alpha value is -1.39. The molecule has 1 aliphatic rings. The van der Waals surface area contributed by atoms with E-state index in [2.05, 4.69) is 16.7 Å². The molecule has 0 bridgehead atoms. The van der Waals surface area contributed by atoms with Crippen molar-refractivity contribution in [2.45, 2.75) is 13.3 Å². The Labute approximate surface area is 118 Å². The molecule has 0 spiro atoms. The second-order valence-electron chi connectivity index (χ2n) is 4.52. The fourth-order valence-electron chi connectivity index (χ4n) is 1.99. The lowest BCUT2D eigenvalue weighted by Gasteiger charge is -2.14. The molecule has 2 rings (SSSR count). The number of rotatable bonds is 3. The van der Waals surface area contributed by atoms with E-state index in [1.165, 1.54) is 17.7 Å². The molecule has 1 heterocycles. The SMILES string of the molecule is Cc1cc(F)cc(C(=O)NCC2=CCNCC2)c1.Cl. The number of benzene rings is 1. The maximum Gasteiger partial charge on any atom is 0.251 e. The molecule has 1 aromatic carbocycles. The molecule has 0 saturated carbocycles. The highest BCUT2D eigenvalue weighted by Gasteiger charge is 2.09. The third-order valence-corrected chi connectivity index (χ3v) is 2.94. The number of hydrogen-bond donors (Lipinski definition) is 2. The topological polar surface area (TPSA) is 41.1 Å². The highest BCUT2D eigenvalue weighted by Crippen LogP contribution is 2.09. The molecule has 104 valence electrons. The van der Waals surface area contributed by atoms with Crippen molar-refractivity contribution in [3.8, 4) is 0 Å². The van der Waals surface area contributed by atoms with Crippen LogP contribution < -0.4 is 10.6 Å². The highest BCUT2D eigenvalue weighted by atomic mass is 35.5. The molecule has 3 nitrogen and oxygen atoms in total. The lowest BCUT2D eigenvalue weighted by molar-refractivity contribution is 0.0956. The second kappa shape index (κ2) is 7.26. The number of aryl methyl sites for hydroxylation is 1. The molecule has 1 aliphatic heterocycles. The molecule has 1 amide bonds. The van der Waals surface area contributed by atoms with Gasteiger partial charge in [0.15, 0.2) is 0 Å². The van der Waals surface area contributed by atoms with Crippen molar-refractivity contribution in [1.82, 2.24) is 10.6 Å². The van der Waals surface area contributed by atoms with Crippen LogP contribution >= 0.6 is 12.4 Å². The van der Waals surface area contributed by atoms with Gasteiger partial charge < -0.3 is 10.6 Å². The van der Waals surface area contributed by atoms with E-state index in [-0.39, 0.29) is 24.1 Å². The number of halogens is 2. The fraction of sp³-hybridized carbons (Fsp3) is 0.357. The number of carbonyl (C=O) groups is 1. The predicted octanol–water partition coefficient (Wildman–Crippen LogP) is 2.21. The van der Waals surface area contributed by atoms with Crippen molar-refractivity contribution in [2.75, 3.05) is 19.6 Å². The zero-order valence-corrected chi connectivity index (χ0v) is 11.6. The standard InChI is InChI=1S/C14H17FN2O.ClH/c1-10-6-12(8-13(15)7-10)14(18)17-9-11-2-4-16-5-3-11;/h2,6-8,16H,3-5,9H2,1H3,(H,17,18);1H. The smallest absolute Gasteiger partial charge is 0.251 e. The van der Waals surface area contributed by atoms with Crippen molar-refractivity contribution in [1.29, 1.82) is 0 Å². The normalized spacial score (nSPS) is 14.3. The second-order valence-corrected chi connectivity index (χ2v) is 4.52. The summed E-state index contributed by atoms with van der Waals surface area (Å²) >= 11 is 0. The van der Waals surface area contributed by atoms with Gasteiger partial charge in [0.25, 0.3) is 5.91 Å². The van der Waals surface area contributed by atoms with Crippen molar-refractivity contribution >= 4 is 18.3 Å². The summed E-state index contributed by atoms with van der Waals surface area (Å²) in [5, 5.41) is 6.03. The van der Waals surface area contributed by atoms with E-state index < -0.39 is 0 Å². The van der Waals surface area contributed by atoms with Crippen LogP contribution in [0.15, 0.2) is 29.8 Å². The molecule has 0 aliphatic carbocycles. The van der Waals surface area contributed by atoms with E-state index in [1.807, 2.05) is 0 Å². The first-order valence-corrected chi connectivity index (χ1v) is 6.09. The molecule has 0 atom stereocenters. The number of nitrogens with one attached hydrogen (secondary N) is 2. The van der Waals surface area contributed by atoms with Crippen molar-refractivity contribution in [2.24, 2.45) is 0 Å². The lowest BCUT2D eigenvalue weighted by Crippen LogP contribution is -2.29. The van der Waals surface area contributed by atoms with Gasteiger partial charge in [-0.1, -0.05) is 11.6 Å². The van der Waals surface area contributed by atoms with Crippen LogP contribution in [0.5, 0.6) is 0 Å². The summed E-state index contributed by atoms with van der Waals surface area (Å²) in [6.07, 6.45) is 3.03. The molecule has 2 N–H and O–H groups in total. The van der Waals surface area contributed by atoms with Gasteiger partial charge in [0.05, 0.1) is 0 Å². The van der Waals surface area contributed by atoms with E-state index >= 15 is 0 Å². The van der Waals surface area contributed by atoms with Crippen molar-refractivity contribution < 1.29 is 9.18 Å². The van der Waals surface area contributed by atoms with Gasteiger partial charge in [0, 0.05) is 18.7 Å². The summed E-state index contributed by atoms with van der Waals surface area (Å²) in [5.41, 5.74) is 2.35. The van der Waals surface area contributed by atoms with Crippen LogP contribution in [0.2, 0.25) is 0 Å². The Morgan fingerprint density at radius 1 is 1.42 bits per heavy atom.